The van der Waals surface area contributed by atoms with Crippen LogP contribution < -0.4 is 5.43 Å². The summed E-state index contributed by atoms with van der Waals surface area (Å²) in [6.07, 6.45) is 1.82. The number of aliphatic hydroxyl groups is 1. The lowest BCUT2D eigenvalue weighted by Crippen LogP contribution is -2.40. The third-order valence-corrected chi connectivity index (χ3v) is 6.84. The van der Waals surface area contributed by atoms with E-state index in [1.54, 1.807) is 11.8 Å². The number of fused-ring (bicyclic) bond motifs is 1. The van der Waals surface area contributed by atoms with E-state index in [4.69, 9.17) is 0 Å². The molecule has 0 amide bonds. The van der Waals surface area contributed by atoms with Gasteiger partial charge in [-0.15, -0.1) is 0 Å². The number of rotatable bonds is 5. The predicted octanol–water partition coefficient (Wildman–Crippen LogP) is 3.56. The monoisotopic (exact) mass is 386 g/mol. The van der Waals surface area contributed by atoms with Crippen LogP contribution in [0.1, 0.15) is 35.6 Å². The zero-order valence-corrected chi connectivity index (χ0v) is 16.6. The van der Waals surface area contributed by atoms with Crippen LogP contribution in [0.15, 0.2) is 41.2 Å². The molecule has 0 aliphatic heterocycles. The second kappa shape index (κ2) is 7.95. The highest BCUT2D eigenvalue weighted by Crippen LogP contribution is 2.40. The van der Waals surface area contributed by atoms with Gasteiger partial charge in [-0.05, 0) is 61.8 Å². The molecule has 1 unspecified atom stereocenters. The molecule has 144 valence electrons. The van der Waals surface area contributed by atoms with Crippen LogP contribution in [0.2, 0.25) is 0 Å². The average Bonchev–Trinajstić information content (AvgIpc) is 2.73. The first-order chi connectivity index (χ1) is 12.8. The van der Waals surface area contributed by atoms with Crippen molar-refractivity contribution in [3.63, 3.8) is 0 Å². The van der Waals surface area contributed by atoms with Gasteiger partial charge < -0.3 is 15.3 Å². The summed E-state index contributed by atoms with van der Waals surface area (Å²) in [5, 5.41) is 31.2. The van der Waals surface area contributed by atoms with Crippen LogP contribution in [0.3, 0.4) is 0 Å². The zero-order valence-electron chi connectivity index (χ0n) is 15.7. The van der Waals surface area contributed by atoms with Crippen LogP contribution >= 0.6 is 11.8 Å². The molecule has 0 bridgehead atoms. The van der Waals surface area contributed by atoms with Crippen LogP contribution in [0.25, 0.3) is 0 Å². The van der Waals surface area contributed by atoms with Crippen LogP contribution in [0, 0.1) is 12.8 Å². The molecule has 3 N–H and O–H groups in total. The molecular formula is C22H26O4S. The first-order valence-corrected chi connectivity index (χ1v) is 10.4. The van der Waals surface area contributed by atoms with Gasteiger partial charge in [-0.2, -0.15) is 11.8 Å². The van der Waals surface area contributed by atoms with Crippen molar-refractivity contribution >= 4 is 11.8 Å². The SMILES string of the molecule is Cc1cc(=O)c(O)c(O)c2c1C[C@@H](C(C)(O)CSCc1ccccc1)CC2. The van der Waals surface area contributed by atoms with Crippen molar-refractivity contribution in [3.8, 4) is 11.5 Å². The van der Waals surface area contributed by atoms with Gasteiger partial charge in [0.25, 0.3) is 0 Å². The number of thioether (sulfide) groups is 1. The molecular weight excluding hydrogens is 360 g/mol. The van der Waals surface area contributed by atoms with E-state index >= 15 is 0 Å². The average molecular weight is 387 g/mol. The summed E-state index contributed by atoms with van der Waals surface area (Å²) in [6, 6.07) is 11.6. The van der Waals surface area contributed by atoms with E-state index in [0.717, 1.165) is 16.9 Å². The minimum atomic E-state index is -0.851. The molecule has 2 atom stereocenters. The lowest BCUT2D eigenvalue weighted by molar-refractivity contribution is 0.0155. The first kappa shape index (κ1) is 19.8. The summed E-state index contributed by atoms with van der Waals surface area (Å²) in [4.78, 5) is 11.9. The van der Waals surface area contributed by atoms with Crippen molar-refractivity contribution in [2.24, 2.45) is 5.92 Å². The van der Waals surface area contributed by atoms with Gasteiger partial charge in [-0.25, -0.2) is 0 Å². The lowest BCUT2D eigenvalue weighted by Gasteiger charge is -2.36. The molecule has 2 aromatic carbocycles. The molecule has 0 aromatic heterocycles. The second-order valence-electron chi connectivity index (χ2n) is 7.62. The molecule has 5 heteroatoms. The van der Waals surface area contributed by atoms with E-state index in [9.17, 15) is 20.1 Å². The fourth-order valence-electron chi connectivity index (χ4n) is 3.81. The molecule has 0 saturated carbocycles. The Morgan fingerprint density at radius 3 is 2.56 bits per heavy atom. The van der Waals surface area contributed by atoms with E-state index < -0.39 is 16.8 Å². The van der Waals surface area contributed by atoms with Gasteiger partial charge in [0.05, 0.1) is 5.60 Å². The fourth-order valence-corrected chi connectivity index (χ4v) is 4.99. The van der Waals surface area contributed by atoms with Crippen LogP contribution in [0.4, 0.5) is 0 Å². The molecule has 1 aliphatic carbocycles. The third-order valence-electron chi connectivity index (χ3n) is 5.51. The van der Waals surface area contributed by atoms with Gasteiger partial charge >= 0.3 is 0 Å². The summed E-state index contributed by atoms with van der Waals surface area (Å²) in [7, 11) is 0. The van der Waals surface area contributed by atoms with Crippen LogP contribution in [-0.2, 0) is 18.6 Å². The normalized spacial score (nSPS) is 18.6. The van der Waals surface area contributed by atoms with Gasteiger partial charge in [-0.3, -0.25) is 4.79 Å². The van der Waals surface area contributed by atoms with E-state index in [1.165, 1.54) is 11.6 Å². The van der Waals surface area contributed by atoms with E-state index in [0.29, 0.717) is 30.6 Å². The molecule has 27 heavy (non-hydrogen) atoms. The van der Waals surface area contributed by atoms with Gasteiger partial charge in [0.1, 0.15) is 0 Å². The van der Waals surface area contributed by atoms with Crippen LogP contribution in [0.5, 0.6) is 11.5 Å². The molecule has 0 saturated heterocycles. The fraction of sp³-hybridized carbons (Fsp3) is 0.409. The minimum Gasteiger partial charge on any atom is -0.504 e. The maximum atomic E-state index is 11.9. The number of aromatic hydroxyl groups is 2. The van der Waals surface area contributed by atoms with Crippen LogP contribution in [-0.4, -0.2) is 26.7 Å². The van der Waals surface area contributed by atoms with E-state index in [2.05, 4.69) is 12.1 Å². The minimum absolute atomic E-state index is 0.0334. The summed E-state index contributed by atoms with van der Waals surface area (Å²) >= 11 is 1.71. The Morgan fingerprint density at radius 1 is 1.15 bits per heavy atom. The van der Waals surface area contributed by atoms with Gasteiger partial charge in [-0.1, -0.05) is 30.3 Å². The highest BCUT2D eigenvalue weighted by atomic mass is 32.2. The Bertz CT molecular complexity index is 878. The molecule has 1 aliphatic rings. The molecule has 0 heterocycles. The molecule has 3 rings (SSSR count). The summed E-state index contributed by atoms with van der Waals surface area (Å²) in [5.74, 6) is 0.612. The third kappa shape index (κ3) is 4.30. The summed E-state index contributed by atoms with van der Waals surface area (Å²) in [6.45, 7) is 3.69. The molecule has 2 aromatic rings. The first-order valence-electron chi connectivity index (χ1n) is 9.21. The highest BCUT2D eigenvalue weighted by Gasteiger charge is 2.36. The zero-order chi connectivity index (χ0) is 19.6. The Balaban J connectivity index is 1.75. The van der Waals surface area contributed by atoms with Crippen molar-refractivity contribution in [1.82, 2.24) is 0 Å². The standard InChI is InChI=1S/C22H26O4S/c1-14-10-19(23)21(25)20(24)17-9-8-16(11-18(14)17)22(2,26)13-27-12-15-6-4-3-5-7-15/h3-7,10,16,26H,8-9,11-13H2,1-2H3,(H2,23,24,25)/t16-,22?/m0/s1. The lowest BCUT2D eigenvalue weighted by atomic mass is 9.75. The Kier molecular flexibility index (Phi) is 5.82. The van der Waals surface area contributed by atoms with E-state index in [1.807, 2.05) is 32.0 Å². The Hall–Kier alpha value is -1.98. The molecule has 0 fully saturated rings. The molecule has 0 spiro atoms. The van der Waals surface area contributed by atoms with Crippen molar-refractivity contribution < 1.29 is 15.3 Å². The Labute approximate surface area is 163 Å². The summed E-state index contributed by atoms with van der Waals surface area (Å²) in [5.41, 5.74) is 2.07. The predicted molar refractivity (Wildman–Crippen MR) is 110 cm³/mol. The van der Waals surface area contributed by atoms with Gasteiger partial charge in [0.15, 0.2) is 5.75 Å². The molecule has 0 radical (unpaired) electrons. The summed E-state index contributed by atoms with van der Waals surface area (Å²) < 4.78 is 0. The Morgan fingerprint density at radius 2 is 1.85 bits per heavy atom. The van der Waals surface area contributed by atoms with Gasteiger partial charge in [0, 0.05) is 17.1 Å². The van der Waals surface area contributed by atoms with Crippen molar-refractivity contribution in [2.75, 3.05) is 5.75 Å². The highest BCUT2D eigenvalue weighted by molar-refractivity contribution is 7.98. The largest absolute Gasteiger partial charge is 0.504 e. The smallest absolute Gasteiger partial charge is 0.224 e. The maximum absolute atomic E-state index is 11.9. The molecule has 4 nitrogen and oxygen atoms in total. The topological polar surface area (TPSA) is 77.8 Å². The number of benzene rings is 1. The van der Waals surface area contributed by atoms with Crippen molar-refractivity contribution in [3.05, 3.63) is 68.9 Å². The quantitative estimate of drug-likeness (QED) is 0.732. The van der Waals surface area contributed by atoms with Crippen molar-refractivity contribution in [1.29, 1.82) is 0 Å². The number of aryl methyl sites for hydroxylation is 1. The number of hydrogen-bond donors (Lipinski definition) is 3. The van der Waals surface area contributed by atoms with E-state index in [-0.39, 0.29) is 11.7 Å². The maximum Gasteiger partial charge on any atom is 0.224 e. The second-order valence-corrected chi connectivity index (χ2v) is 8.61. The van der Waals surface area contributed by atoms with Crippen molar-refractivity contribution in [2.45, 2.75) is 44.5 Å². The number of hydrogen-bond acceptors (Lipinski definition) is 5. The van der Waals surface area contributed by atoms with Gasteiger partial charge in [0.2, 0.25) is 11.2 Å².